The number of hydrogen-bond acceptors (Lipinski definition) is 5. The Labute approximate surface area is 142 Å². The third-order valence-electron chi connectivity index (χ3n) is 3.91. The molecule has 0 unspecified atom stereocenters. The molecule has 6 heteroatoms. The molecule has 0 aliphatic heterocycles. The lowest BCUT2D eigenvalue weighted by atomic mass is 10.0. The van der Waals surface area contributed by atoms with Crippen LogP contribution in [-0.2, 0) is 4.79 Å². The van der Waals surface area contributed by atoms with Crippen LogP contribution in [0.1, 0.15) is 43.2 Å². The number of nitrogens with one attached hydrogen (secondary N) is 2. The maximum absolute atomic E-state index is 12.5. The third-order valence-corrected chi connectivity index (χ3v) is 3.91. The van der Waals surface area contributed by atoms with Gasteiger partial charge in [0.05, 0.1) is 13.2 Å². The Balaban J connectivity index is 2.08. The molecule has 2 rings (SSSR count). The Hall–Kier alpha value is -2.34. The van der Waals surface area contributed by atoms with Crippen molar-refractivity contribution < 1.29 is 14.1 Å². The number of nitrogens with zero attached hydrogens (tertiary/aromatic N) is 1. The van der Waals surface area contributed by atoms with Crippen molar-refractivity contribution in [3.8, 4) is 5.75 Å². The second-order valence-electron chi connectivity index (χ2n) is 5.91. The van der Waals surface area contributed by atoms with E-state index in [1.54, 1.807) is 20.1 Å². The van der Waals surface area contributed by atoms with Gasteiger partial charge in [0.1, 0.15) is 11.5 Å². The summed E-state index contributed by atoms with van der Waals surface area (Å²) in [5.74, 6) is 1.76. The van der Waals surface area contributed by atoms with E-state index in [9.17, 15) is 4.79 Å². The summed E-state index contributed by atoms with van der Waals surface area (Å²) >= 11 is 0. The van der Waals surface area contributed by atoms with Crippen molar-refractivity contribution in [2.24, 2.45) is 0 Å². The number of aromatic nitrogens is 1. The van der Waals surface area contributed by atoms with E-state index in [0.717, 1.165) is 16.9 Å². The minimum atomic E-state index is -0.345. The molecule has 0 aliphatic carbocycles. The summed E-state index contributed by atoms with van der Waals surface area (Å²) in [7, 11) is 1.65. The van der Waals surface area contributed by atoms with Gasteiger partial charge in [-0.05, 0) is 33.3 Å². The molecule has 1 amide bonds. The molecule has 1 aromatic heterocycles. The smallest absolute Gasteiger partial charge is 0.242 e. The van der Waals surface area contributed by atoms with Crippen LogP contribution in [0.5, 0.6) is 5.75 Å². The highest BCUT2D eigenvalue weighted by Gasteiger charge is 2.22. The lowest BCUT2D eigenvalue weighted by molar-refractivity contribution is -0.118. The van der Waals surface area contributed by atoms with Crippen molar-refractivity contribution in [3.63, 3.8) is 0 Å². The van der Waals surface area contributed by atoms with Gasteiger partial charge < -0.3 is 14.6 Å². The van der Waals surface area contributed by atoms with Gasteiger partial charge in [0.25, 0.3) is 0 Å². The second kappa shape index (κ2) is 7.97. The predicted octanol–water partition coefficient (Wildman–Crippen LogP) is 3.37. The maximum Gasteiger partial charge on any atom is 0.242 e. The van der Waals surface area contributed by atoms with Gasteiger partial charge >= 0.3 is 0 Å². The van der Waals surface area contributed by atoms with Crippen LogP contribution in [0.15, 0.2) is 28.8 Å². The van der Waals surface area contributed by atoms with Gasteiger partial charge in [0.15, 0.2) is 5.82 Å². The fraction of sp³-hybridized carbons (Fsp3) is 0.444. The van der Waals surface area contributed by atoms with Crippen molar-refractivity contribution in [2.75, 3.05) is 12.4 Å². The molecule has 2 aromatic rings. The van der Waals surface area contributed by atoms with Gasteiger partial charge in [-0.2, -0.15) is 0 Å². The molecular weight excluding hydrogens is 306 g/mol. The van der Waals surface area contributed by atoms with Crippen LogP contribution in [0.25, 0.3) is 0 Å². The van der Waals surface area contributed by atoms with Gasteiger partial charge in [0.2, 0.25) is 5.91 Å². The van der Waals surface area contributed by atoms with Crippen LogP contribution in [0, 0.1) is 13.8 Å². The molecule has 130 valence electrons. The predicted molar refractivity (Wildman–Crippen MR) is 93.2 cm³/mol. The lowest BCUT2D eigenvalue weighted by Gasteiger charge is -2.23. The number of carbonyl (C=O) groups is 1. The first kappa shape index (κ1) is 18.0. The standard InChI is InChI=1S/C18H25N3O3/c1-6-15(18(22)20-17-10-12(3)24-21-17)19-13(4)14-9-11(2)7-8-16(14)23-5/h7-10,13,15,19H,6H2,1-5H3,(H,20,21,22)/t13-,15-/m1/s1. The van der Waals surface area contributed by atoms with Crippen LogP contribution < -0.4 is 15.4 Å². The molecule has 0 saturated carbocycles. The largest absolute Gasteiger partial charge is 0.496 e. The summed E-state index contributed by atoms with van der Waals surface area (Å²) < 4.78 is 10.4. The highest BCUT2D eigenvalue weighted by molar-refractivity contribution is 5.94. The quantitative estimate of drug-likeness (QED) is 0.813. The first-order chi connectivity index (χ1) is 11.4. The Kier molecular flexibility index (Phi) is 5.98. The van der Waals surface area contributed by atoms with E-state index >= 15 is 0 Å². The zero-order valence-electron chi connectivity index (χ0n) is 14.8. The van der Waals surface area contributed by atoms with Crippen LogP contribution in [0.4, 0.5) is 5.82 Å². The molecule has 1 aromatic carbocycles. The molecule has 2 N–H and O–H groups in total. The molecule has 0 fully saturated rings. The number of anilines is 1. The first-order valence-corrected chi connectivity index (χ1v) is 8.09. The minimum Gasteiger partial charge on any atom is -0.496 e. The molecule has 0 saturated heterocycles. The topological polar surface area (TPSA) is 76.4 Å². The highest BCUT2D eigenvalue weighted by Crippen LogP contribution is 2.26. The lowest BCUT2D eigenvalue weighted by Crippen LogP contribution is -2.41. The van der Waals surface area contributed by atoms with Gasteiger partial charge in [-0.25, -0.2) is 0 Å². The fourth-order valence-electron chi connectivity index (χ4n) is 2.60. The van der Waals surface area contributed by atoms with E-state index in [-0.39, 0.29) is 18.0 Å². The Morgan fingerprint density at radius 3 is 2.67 bits per heavy atom. The van der Waals surface area contributed by atoms with Gasteiger partial charge in [-0.3, -0.25) is 10.1 Å². The van der Waals surface area contributed by atoms with E-state index in [1.807, 2.05) is 32.9 Å². The molecule has 0 aliphatic rings. The zero-order chi connectivity index (χ0) is 17.7. The van der Waals surface area contributed by atoms with Gasteiger partial charge in [0, 0.05) is 17.7 Å². The highest BCUT2D eigenvalue weighted by atomic mass is 16.5. The number of methoxy groups -OCH3 is 1. The van der Waals surface area contributed by atoms with Crippen molar-refractivity contribution in [2.45, 2.75) is 46.2 Å². The Bertz CT molecular complexity index is 697. The molecule has 1 heterocycles. The second-order valence-corrected chi connectivity index (χ2v) is 5.91. The SMILES string of the molecule is CC[C@@H](N[C@H](C)c1cc(C)ccc1OC)C(=O)Nc1cc(C)on1. The van der Waals surface area contributed by atoms with E-state index in [2.05, 4.69) is 21.9 Å². The average Bonchev–Trinajstić information content (AvgIpc) is 2.97. The Morgan fingerprint density at radius 1 is 1.33 bits per heavy atom. The van der Waals surface area contributed by atoms with Gasteiger partial charge in [-0.15, -0.1) is 0 Å². The summed E-state index contributed by atoms with van der Waals surface area (Å²) in [6.07, 6.45) is 0.654. The van der Waals surface area contributed by atoms with Crippen LogP contribution >= 0.6 is 0 Å². The van der Waals surface area contributed by atoms with E-state index in [1.165, 1.54) is 0 Å². The number of hydrogen-bond donors (Lipinski definition) is 2. The number of amides is 1. The molecule has 0 spiro atoms. The fourth-order valence-corrected chi connectivity index (χ4v) is 2.60. The summed E-state index contributed by atoms with van der Waals surface area (Å²) in [6.45, 7) is 7.80. The Morgan fingerprint density at radius 2 is 2.08 bits per heavy atom. The number of benzene rings is 1. The number of carbonyl (C=O) groups excluding carboxylic acids is 1. The first-order valence-electron chi connectivity index (χ1n) is 8.09. The molecule has 0 radical (unpaired) electrons. The molecule has 0 bridgehead atoms. The molecule has 24 heavy (non-hydrogen) atoms. The molecule has 2 atom stereocenters. The van der Waals surface area contributed by atoms with Crippen molar-refractivity contribution in [3.05, 3.63) is 41.2 Å². The molecule has 6 nitrogen and oxygen atoms in total. The summed E-state index contributed by atoms with van der Waals surface area (Å²) in [5, 5.41) is 9.93. The summed E-state index contributed by atoms with van der Waals surface area (Å²) in [5.41, 5.74) is 2.18. The van der Waals surface area contributed by atoms with Crippen LogP contribution in [0.2, 0.25) is 0 Å². The van der Waals surface area contributed by atoms with E-state index in [0.29, 0.717) is 18.0 Å². The van der Waals surface area contributed by atoms with Gasteiger partial charge in [-0.1, -0.05) is 29.8 Å². The maximum atomic E-state index is 12.5. The molecular formula is C18H25N3O3. The monoisotopic (exact) mass is 331 g/mol. The van der Waals surface area contributed by atoms with Crippen molar-refractivity contribution >= 4 is 11.7 Å². The van der Waals surface area contributed by atoms with Crippen LogP contribution in [0.3, 0.4) is 0 Å². The number of rotatable bonds is 7. The van der Waals surface area contributed by atoms with Crippen molar-refractivity contribution in [1.29, 1.82) is 0 Å². The summed E-state index contributed by atoms with van der Waals surface area (Å²) in [4.78, 5) is 12.5. The van der Waals surface area contributed by atoms with Crippen molar-refractivity contribution in [1.82, 2.24) is 10.5 Å². The van der Waals surface area contributed by atoms with E-state index < -0.39 is 0 Å². The summed E-state index contributed by atoms with van der Waals surface area (Å²) in [6, 6.07) is 7.34. The van der Waals surface area contributed by atoms with Crippen LogP contribution in [-0.4, -0.2) is 24.2 Å². The average molecular weight is 331 g/mol. The zero-order valence-corrected chi connectivity index (χ0v) is 14.8. The normalized spacial score (nSPS) is 13.4. The van der Waals surface area contributed by atoms with E-state index in [4.69, 9.17) is 9.26 Å². The minimum absolute atomic E-state index is 0.0328. The third kappa shape index (κ3) is 4.35. The number of aryl methyl sites for hydroxylation is 2. The number of ether oxygens (including phenoxy) is 1.